The topological polar surface area (TPSA) is 48.5 Å². The molecule has 0 aliphatic heterocycles. The van der Waals surface area contributed by atoms with E-state index in [4.69, 9.17) is 15.0 Å². The predicted molar refractivity (Wildman–Crippen MR) is 281 cm³/mol. The van der Waals surface area contributed by atoms with Gasteiger partial charge in [0.25, 0.3) is 0 Å². The van der Waals surface area contributed by atoms with E-state index in [1.165, 1.54) is 16.5 Å². The van der Waals surface area contributed by atoms with Crippen LogP contribution in [0.3, 0.4) is 0 Å². The third kappa shape index (κ3) is 6.59. The largest absolute Gasteiger partial charge is 0.306 e. The zero-order valence-corrected chi connectivity index (χ0v) is 36.9. The Labute approximate surface area is 393 Å². The second kappa shape index (κ2) is 16.4. The molecule has 3 aromatic heterocycles. The summed E-state index contributed by atoms with van der Waals surface area (Å²) >= 11 is 0. The molecule has 10 aromatic carbocycles. The van der Waals surface area contributed by atoms with Crippen molar-refractivity contribution in [1.29, 1.82) is 0 Å². The molecule has 0 aliphatic carbocycles. The molecule has 0 unspecified atom stereocenters. The Morgan fingerprint density at radius 1 is 0.235 bits per heavy atom. The Morgan fingerprint density at radius 2 is 0.588 bits per heavy atom. The highest BCUT2D eigenvalue weighted by atomic mass is 15.2. The van der Waals surface area contributed by atoms with Gasteiger partial charge in [-0.1, -0.05) is 237 Å². The van der Waals surface area contributed by atoms with Gasteiger partial charge in [-0.15, -0.1) is 0 Å². The van der Waals surface area contributed by atoms with Crippen LogP contribution < -0.4 is 0 Å². The van der Waals surface area contributed by atoms with Gasteiger partial charge >= 0.3 is 0 Å². The van der Waals surface area contributed by atoms with Gasteiger partial charge in [-0.3, -0.25) is 4.57 Å². The summed E-state index contributed by atoms with van der Waals surface area (Å²) in [5, 5.41) is 4.54. The fourth-order valence-electron chi connectivity index (χ4n) is 10.0. The molecule has 5 heteroatoms. The fraction of sp³-hybridized carbons (Fsp3) is 0. The van der Waals surface area contributed by atoms with Crippen LogP contribution in [-0.4, -0.2) is 24.1 Å². The molecule has 0 aliphatic rings. The smallest absolute Gasteiger partial charge is 0.238 e. The van der Waals surface area contributed by atoms with Crippen LogP contribution in [0.2, 0.25) is 0 Å². The maximum Gasteiger partial charge on any atom is 0.238 e. The molecule has 0 atom stereocenters. The second-order valence-corrected chi connectivity index (χ2v) is 17.2. The number of nitrogens with zero attached hydrogens (tertiary/aromatic N) is 5. The zero-order valence-electron chi connectivity index (χ0n) is 36.9. The first kappa shape index (κ1) is 39.2. The molecule has 13 aromatic rings. The van der Waals surface area contributed by atoms with Crippen LogP contribution in [0, 0.1) is 0 Å². The van der Waals surface area contributed by atoms with E-state index in [2.05, 4.69) is 234 Å². The van der Waals surface area contributed by atoms with Gasteiger partial charge in [0.05, 0.1) is 27.8 Å². The summed E-state index contributed by atoms with van der Waals surface area (Å²) in [6.07, 6.45) is 0. The van der Waals surface area contributed by atoms with E-state index >= 15 is 0 Å². The molecule has 13 rings (SSSR count). The molecule has 0 fully saturated rings. The van der Waals surface area contributed by atoms with Crippen molar-refractivity contribution in [1.82, 2.24) is 24.1 Å². The maximum absolute atomic E-state index is 5.44. The molecule has 0 spiro atoms. The van der Waals surface area contributed by atoms with Crippen molar-refractivity contribution in [3.63, 3.8) is 0 Å². The molecular formula is C63H41N5. The van der Waals surface area contributed by atoms with Crippen LogP contribution in [0.4, 0.5) is 0 Å². The van der Waals surface area contributed by atoms with Crippen molar-refractivity contribution in [3.05, 3.63) is 249 Å². The van der Waals surface area contributed by atoms with Crippen LogP contribution in [0.15, 0.2) is 249 Å². The normalized spacial score (nSPS) is 11.5. The molecule has 0 N–H and O–H groups in total. The monoisotopic (exact) mass is 867 g/mol. The number of rotatable bonds is 8. The van der Waals surface area contributed by atoms with Crippen LogP contribution in [0.25, 0.3) is 123 Å². The van der Waals surface area contributed by atoms with Gasteiger partial charge < -0.3 is 4.57 Å². The number of hydrogen-bond donors (Lipinski definition) is 0. The lowest BCUT2D eigenvalue weighted by molar-refractivity contribution is 0.953. The van der Waals surface area contributed by atoms with E-state index in [-0.39, 0.29) is 0 Å². The van der Waals surface area contributed by atoms with Gasteiger partial charge in [-0.25, -0.2) is 4.98 Å². The fourth-order valence-corrected chi connectivity index (χ4v) is 10.0. The molecule has 318 valence electrons. The number of fused-ring (bicyclic) bond motifs is 7. The Kier molecular flexibility index (Phi) is 9.43. The van der Waals surface area contributed by atoms with Crippen molar-refractivity contribution < 1.29 is 0 Å². The van der Waals surface area contributed by atoms with Crippen molar-refractivity contribution in [2.75, 3.05) is 0 Å². The van der Waals surface area contributed by atoms with Crippen molar-refractivity contribution >= 4 is 43.6 Å². The SMILES string of the molecule is c1ccc(-c2ccc(-c3ccc(-c4nc(-c5ccccc5)nc(-n5c6ccccc6c6ccc7c8ccccc8n(-c8c(-c9ccccc9)cccc8-c8ccccc8)c7c65)n4)cc3)cc2)cc1. The van der Waals surface area contributed by atoms with E-state index in [0.29, 0.717) is 17.6 Å². The number of hydrogen-bond acceptors (Lipinski definition) is 3. The minimum atomic E-state index is 0.546. The van der Waals surface area contributed by atoms with E-state index in [0.717, 1.165) is 88.4 Å². The second-order valence-electron chi connectivity index (χ2n) is 17.2. The van der Waals surface area contributed by atoms with Gasteiger partial charge in [0.15, 0.2) is 11.6 Å². The van der Waals surface area contributed by atoms with E-state index in [9.17, 15) is 0 Å². The summed E-state index contributed by atoms with van der Waals surface area (Å²) in [7, 11) is 0. The minimum absolute atomic E-state index is 0.546. The first-order chi connectivity index (χ1) is 33.7. The molecule has 0 saturated heterocycles. The standard InChI is InChI=1S/C63H41N5/c1-5-18-42(19-6-1)43-32-34-44(35-33-43)45-36-38-49(39-37-45)62-64-61(48-24-11-4-12-25-48)65-63(66-62)68-57-31-16-14-27-53(57)55-41-40-54-52-26-13-15-30-56(52)67(59(54)60(55)68)58-50(46-20-7-2-8-21-46)28-17-29-51(58)47-22-9-3-10-23-47/h1-41H. The molecule has 0 radical (unpaired) electrons. The minimum Gasteiger partial charge on any atom is -0.306 e. The third-order valence-electron chi connectivity index (χ3n) is 13.2. The van der Waals surface area contributed by atoms with Crippen molar-refractivity contribution in [3.8, 4) is 78.9 Å². The van der Waals surface area contributed by atoms with Gasteiger partial charge in [0.2, 0.25) is 5.95 Å². The van der Waals surface area contributed by atoms with Crippen molar-refractivity contribution in [2.45, 2.75) is 0 Å². The van der Waals surface area contributed by atoms with E-state index in [1.807, 2.05) is 24.3 Å². The van der Waals surface area contributed by atoms with Crippen LogP contribution >= 0.6 is 0 Å². The lowest BCUT2D eigenvalue weighted by Crippen LogP contribution is -2.07. The van der Waals surface area contributed by atoms with Crippen molar-refractivity contribution in [2.24, 2.45) is 0 Å². The molecule has 0 saturated carbocycles. The maximum atomic E-state index is 5.44. The predicted octanol–water partition coefficient (Wildman–Crippen LogP) is 16.1. The quantitative estimate of drug-likeness (QED) is 0.153. The molecule has 3 heterocycles. The lowest BCUT2D eigenvalue weighted by Gasteiger charge is -2.20. The Hall–Kier alpha value is -9.19. The average Bonchev–Trinajstić information content (AvgIpc) is 3.95. The Balaban J connectivity index is 1.08. The molecule has 5 nitrogen and oxygen atoms in total. The average molecular weight is 868 g/mol. The van der Waals surface area contributed by atoms with E-state index < -0.39 is 0 Å². The van der Waals surface area contributed by atoms with Gasteiger partial charge in [-0.2, -0.15) is 9.97 Å². The number of benzene rings is 10. The number of aromatic nitrogens is 5. The Bertz CT molecular complexity index is 3910. The van der Waals surface area contributed by atoms with Gasteiger partial charge in [0.1, 0.15) is 0 Å². The van der Waals surface area contributed by atoms with Gasteiger partial charge in [0, 0.05) is 43.8 Å². The summed E-state index contributed by atoms with van der Waals surface area (Å²) in [6, 6.07) is 88.2. The molecule has 68 heavy (non-hydrogen) atoms. The Morgan fingerprint density at radius 3 is 1.07 bits per heavy atom. The highest BCUT2D eigenvalue weighted by molar-refractivity contribution is 6.24. The summed E-state index contributed by atoms with van der Waals surface area (Å²) in [5.41, 5.74) is 16.4. The summed E-state index contributed by atoms with van der Waals surface area (Å²) in [6.45, 7) is 0. The first-order valence-electron chi connectivity index (χ1n) is 23.0. The van der Waals surface area contributed by atoms with Crippen LogP contribution in [-0.2, 0) is 0 Å². The molecule has 0 bridgehead atoms. The van der Waals surface area contributed by atoms with Crippen LogP contribution in [0.5, 0.6) is 0 Å². The third-order valence-corrected chi connectivity index (χ3v) is 13.2. The van der Waals surface area contributed by atoms with Crippen LogP contribution in [0.1, 0.15) is 0 Å². The van der Waals surface area contributed by atoms with E-state index in [1.54, 1.807) is 0 Å². The molecule has 0 amide bonds. The summed E-state index contributed by atoms with van der Waals surface area (Å²) in [5.74, 6) is 1.74. The zero-order chi connectivity index (χ0) is 45.0. The van der Waals surface area contributed by atoms with Gasteiger partial charge in [-0.05, 0) is 45.5 Å². The first-order valence-corrected chi connectivity index (χ1v) is 23.0. The summed E-state index contributed by atoms with van der Waals surface area (Å²) < 4.78 is 4.77. The highest BCUT2D eigenvalue weighted by Crippen LogP contribution is 2.45. The highest BCUT2D eigenvalue weighted by Gasteiger charge is 2.26. The lowest BCUT2D eigenvalue weighted by atomic mass is 9.95. The molecular weight excluding hydrogens is 827 g/mol. The summed E-state index contributed by atoms with van der Waals surface area (Å²) in [4.78, 5) is 16.0. The number of para-hydroxylation sites is 3.